The summed E-state index contributed by atoms with van der Waals surface area (Å²) >= 11 is 0. The second kappa shape index (κ2) is 13.8. The maximum absolute atomic E-state index is 15.1. The van der Waals surface area contributed by atoms with Crippen molar-refractivity contribution in [1.29, 1.82) is 0 Å². The van der Waals surface area contributed by atoms with Crippen LogP contribution in [0, 0.1) is 11.7 Å². The van der Waals surface area contributed by atoms with Crippen molar-refractivity contribution in [1.82, 2.24) is 14.9 Å². The van der Waals surface area contributed by atoms with E-state index in [4.69, 9.17) is 4.74 Å². The average Bonchev–Trinajstić information content (AvgIpc) is 3.30. The molecule has 1 fully saturated rings. The van der Waals surface area contributed by atoms with Crippen LogP contribution in [0.2, 0.25) is 0 Å². The lowest BCUT2D eigenvalue weighted by atomic mass is 9.88. The van der Waals surface area contributed by atoms with Crippen LogP contribution in [0.15, 0.2) is 43.6 Å². The first-order chi connectivity index (χ1) is 18.1. The van der Waals surface area contributed by atoms with Gasteiger partial charge in [0, 0.05) is 31.4 Å². The van der Waals surface area contributed by atoms with Gasteiger partial charge in [0.05, 0.1) is 24.9 Å². The fourth-order valence-corrected chi connectivity index (χ4v) is 3.64. The summed E-state index contributed by atoms with van der Waals surface area (Å²) in [5.74, 6) is -1.12. The Labute approximate surface area is 223 Å². The van der Waals surface area contributed by atoms with E-state index in [1.807, 2.05) is 0 Å². The van der Waals surface area contributed by atoms with Crippen LogP contribution in [0.5, 0.6) is 5.75 Å². The number of hydrogen-bond acceptors (Lipinski definition) is 6. The quantitative estimate of drug-likeness (QED) is 0.392. The molecule has 1 aliphatic carbocycles. The van der Waals surface area contributed by atoms with Gasteiger partial charge in [-0.1, -0.05) is 26.0 Å². The van der Waals surface area contributed by atoms with E-state index in [0.29, 0.717) is 11.4 Å². The van der Waals surface area contributed by atoms with E-state index in [1.165, 1.54) is 44.0 Å². The molecule has 4 rings (SSSR count). The molecular formula is C28H38F3N5O2. The number of carbonyl (C=O) groups excluding carboxylic acids is 1. The van der Waals surface area contributed by atoms with Gasteiger partial charge < -0.3 is 20.3 Å². The number of benzene rings is 1. The first-order valence-corrected chi connectivity index (χ1v) is 12.6. The number of methoxy groups -OCH3 is 1. The molecule has 2 N–H and O–H groups in total. The summed E-state index contributed by atoms with van der Waals surface area (Å²) in [6.45, 7) is 11.2. The number of nitrogens with one attached hydrogen (secondary N) is 2. The molecule has 2 atom stereocenters. The standard InChI is InChI=1S/C22H28F3N5O2.C4H6.C2H4/c1-12(2)22(3,25)15-10-27-21(29-19(15)26-4)28-17-9-16(24)14(8-18(17)32-5)20(31)30-7-6-13(23)11-30;1-2-4-3-1;1-2/h8-10,12-13H,6-7,11H2,1-5H3,(H2,26,27,28,29);1-2H,3-4H2;1-2H2/t13-,22?;;/m1../s1. The molecule has 1 aliphatic heterocycles. The van der Waals surface area contributed by atoms with Gasteiger partial charge in [0.15, 0.2) is 0 Å². The van der Waals surface area contributed by atoms with E-state index in [2.05, 4.69) is 45.9 Å². The van der Waals surface area contributed by atoms with E-state index in [-0.39, 0.29) is 48.4 Å². The Morgan fingerprint density at radius 3 is 2.37 bits per heavy atom. The lowest BCUT2D eigenvalue weighted by Gasteiger charge is -2.26. The van der Waals surface area contributed by atoms with Crippen LogP contribution in [-0.4, -0.2) is 54.2 Å². The highest BCUT2D eigenvalue weighted by Crippen LogP contribution is 2.38. The number of rotatable bonds is 7. The Kier molecular flexibility index (Phi) is 11.2. The predicted octanol–water partition coefficient (Wildman–Crippen LogP) is 6.57. The van der Waals surface area contributed by atoms with Crippen LogP contribution in [-0.2, 0) is 5.67 Å². The van der Waals surface area contributed by atoms with Crippen LogP contribution in [0.3, 0.4) is 0 Å². The molecule has 2 heterocycles. The summed E-state index contributed by atoms with van der Waals surface area (Å²) in [6.07, 6.45) is 7.51. The summed E-state index contributed by atoms with van der Waals surface area (Å²) in [4.78, 5) is 22.3. The van der Waals surface area contributed by atoms with Crippen molar-refractivity contribution < 1.29 is 22.7 Å². The molecule has 0 spiro atoms. The van der Waals surface area contributed by atoms with E-state index in [9.17, 15) is 13.6 Å². The number of allylic oxidation sites excluding steroid dienone is 2. The molecule has 2 aliphatic rings. The van der Waals surface area contributed by atoms with Crippen LogP contribution >= 0.6 is 0 Å². The number of aromatic nitrogens is 2. The van der Waals surface area contributed by atoms with E-state index < -0.39 is 23.6 Å². The van der Waals surface area contributed by atoms with Gasteiger partial charge in [0.25, 0.3) is 5.91 Å². The second-order valence-corrected chi connectivity index (χ2v) is 9.28. The molecule has 1 amide bonds. The highest BCUT2D eigenvalue weighted by atomic mass is 19.1. The van der Waals surface area contributed by atoms with Crippen LogP contribution in [0.4, 0.5) is 30.6 Å². The average molecular weight is 534 g/mol. The van der Waals surface area contributed by atoms with Crippen LogP contribution in [0.25, 0.3) is 0 Å². The minimum absolute atomic E-state index is 0.0581. The van der Waals surface area contributed by atoms with Crippen molar-refractivity contribution in [3.05, 3.63) is 60.6 Å². The van der Waals surface area contributed by atoms with Gasteiger partial charge in [-0.25, -0.2) is 18.2 Å². The Morgan fingerprint density at radius 1 is 1.26 bits per heavy atom. The minimum atomic E-state index is -1.66. The van der Waals surface area contributed by atoms with Gasteiger partial charge in [0.1, 0.15) is 29.2 Å². The summed E-state index contributed by atoms with van der Waals surface area (Å²) in [5, 5.41) is 5.72. The molecule has 0 radical (unpaired) electrons. The van der Waals surface area contributed by atoms with Gasteiger partial charge in [-0.05, 0) is 38.2 Å². The van der Waals surface area contributed by atoms with Crippen molar-refractivity contribution in [2.24, 2.45) is 5.92 Å². The fraction of sp³-hybridized carbons (Fsp3) is 0.464. The number of carbonyl (C=O) groups is 1. The number of amides is 1. The van der Waals surface area contributed by atoms with Crippen LogP contribution in [0.1, 0.15) is 56.0 Å². The maximum atomic E-state index is 15.1. The summed E-state index contributed by atoms with van der Waals surface area (Å²) < 4.78 is 48.7. The molecule has 0 saturated carbocycles. The first kappa shape index (κ1) is 30.7. The zero-order valence-corrected chi connectivity index (χ0v) is 22.8. The highest BCUT2D eigenvalue weighted by Gasteiger charge is 2.34. The molecule has 38 heavy (non-hydrogen) atoms. The van der Waals surface area contributed by atoms with Gasteiger partial charge in [-0.3, -0.25) is 4.79 Å². The maximum Gasteiger partial charge on any atom is 0.257 e. The number of anilines is 3. The van der Waals surface area contributed by atoms with Crippen molar-refractivity contribution in [3.8, 4) is 5.75 Å². The van der Waals surface area contributed by atoms with Crippen molar-refractivity contribution in [2.45, 2.75) is 51.9 Å². The second-order valence-electron chi connectivity index (χ2n) is 9.28. The molecule has 1 unspecified atom stereocenters. The summed E-state index contributed by atoms with van der Waals surface area (Å²) in [7, 11) is 2.99. The van der Waals surface area contributed by atoms with E-state index in [1.54, 1.807) is 20.9 Å². The number of ether oxygens (including phenoxy) is 1. The number of halogens is 3. The molecule has 1 saturated heterocycles. The van der Waals surface area contributed by atoms with E-state index >= 15 is 4.39 Å². The number of likely N-dealkylation sites (tertiary alicyclic amines) is 1. The highest BCUT2D eigenvalue weighted by molar-refractivity contribution is 5.96. The minimum Gasteiger partial charge on any atom is -0.495 e. The largest absolute Gasteiger partial charge is 0.495 e. The van der Waals surface area contributed by atoms with Crippen molar-refractivity contribution in [2.75, 3.05) is 37.9 Å². The Balaban J connectivity index is 0.000000756. The monoisotopic (exact) mass is 533 g/mol. The summed E-state index contributed by atoms with van der Waals surface area (Å²) in [5.41, 5.74) is -1.38. The van der Waals surface area contributed by atoms with Crippen molar-refractivity contribution >= 4 is 23.4 Å². The smallest absolute Gasteiger partial charge is 0.257 e. The molecule has 0 bridgehead atoms. The Morgan fingerprint density at radius 2 is 1.89 bits per heavy atom. The first-order valence-electron chi connectivity index (χ1n) is 12.6. The third-order valence-electron chi connectivity index (χ3n) is 6.49. The van der Waals surface area contributed by atoms with Gasteiger partial charge >= 0.3 is 0 Å². The van der Waals surface area contributed by atoms with Gasteiger partial charge in [-0.2, -0.15) is 4.98 Å². The summed E-state index contributed by atoms with van der Waals surface area (Å²) in [6, 6.07) is 2.36. The van der Waals surface area contributed by atoms with E-state index in [0.717, 1.165) is 6.07 Å². The zero-order chi connectivity index (χ0) is 28.5. The Bertz CT molecular complexity index is 1120. The molecule has 10 heteroatoms. The van der Waals surface area contributed by atoms with Crippen LogP contribution < -0.4 is 15.4 Å². The lowest BCUT2D eigenvalue weighted by molar-refractivity contribution is 0.0778. The third-order valence-corrected chi connectivity index (χ3v) is 6.49. The van der Waals surface area contributed by atoms with Gasteiger partial charge in [0.2, 0.25) is 5.95 Å². The number of nitrogens with zero attached hydrogens (tertiary/aromatic N) is 3. The molecule has 1 aromatic heterocycles. The van der Waals surface area contributed by atoms with Crippen molar-refractivity contribution in [3.63, 3.8) is 0 Å². The Hall–Kier alpha value is -3.56. The van der Waals surface area contributed by atoms with Gasteiger partial charge in [-0.15, -0.1) is 13.2 Å². The lowest BCUT2D eigenvalue weighted by Crippen LogP contribution is -2.29. The SMILES string of the molecule is C1=CCC1.C=C.CNc1nc(Nc2cc(F)c(C(=O)N3CC[C@@H](F)C3)cc2OC)ncc1C(C)(F)C(C)C. The number of hydrogen-bond donors (Lipinski definition) is 2. The molecule has 1 aromatic carbocycles. The fourth-order valence-electron chi connectivity index (χ4n) is 3.64. The zero-order valence-electron chi connectivity index (χ0n) is 22.8. The molecule has 208 valence electrons. The number of alkyl halides is 2. The predicted molar refractivity (Wildman–Crippen MR) is 146 cm³/mol. The molecular weight excluding hydrogens is 495 g/mol. The normalized spacial score (nSPS) is 17.3. The topological polar surface area (TPSA) is 79.4 Å². The molecule has 2 aromatic rings. The third kappa shape index (κ3) is 7.26. The molecule has 7 nitrogen and oxygen atoms in total.